The van der Waals surface area contributed by atoms with Gasteiger partial charge in [0.25, 0.3) is 0 Å². The summed E-state index contributed by atoms with van der Waals surface area (Å²) in [5.74, 6) is 0. The van der Waals surface area contributed by atoms with Crippen LogP contribution < -0.4 is 10.6 Å². The summed E-state index contributed by atoms with van der Waals surface area (Å²) >= 11 is 0. The van der Waals surface area contributed by atoms with E-state index in [-0.39, 0.29) is 6.03 Å². The maximum absolute atomic E-state index is 11.9. The van der Waals surface area contributed by atoms with Gasteiger partial charge in [-0.15, -0.1) is 0 Å². The van der Waals surface area contributed by atoms with Crippen LogP contribution in [0.2, 0.25) is 0 Å². The van der Waals surface area contributed by atoms with Crippen molar-refractivity contribution < 1.29 is 4.79 Å². The molecule has 0 radical (unpaired) electrons. The molecule has 2 amide bonds. The van der Waals surface area contributed by atoms with Gasteiger partial charge in [-0.25, -0.2) is 4.79 Å². The third-order valence-electron chi connectivity index (χ3n) is 3.39. The van der Waals surface area contributed by atoms with Crippen LogP contribution >= 0.6 is 0 Å². The summed E-state index contributed by atoms with van der Waals surface area (Å²) in [7, 11) is 0. The first kappa shape index (κ1) is 12.7. The summed E-state index contributed by atoms with van der Waals surface area (Å²) in [5, 5.41) is 6.04. The molecule has 1 aliphatic heterocycles. The Balaban J connectivity index is 1.68. The lowest BCUT2D eigenvalue weighted by Gasteiger charge is -2.15. The predicted octanol–water partition coefficient (Wildman–Crippen LogP) is 2.75. The fourth-order valence-electron chi connectivity index (χ4n) is 2.26. The molecule has 2 aromatic carbocycles. The van der Waals surface area contributed by atoms with Crippen LogP contribution in [0.3, 0.4) is 0 Å². The van der Waals surface area contributed by atoms with Gasteiger partial charge in [0, 0.05) is 18.8 Å². The third-order valence-corrected chi connectivity index (χ3v) is 3.39. The molecular weight excluding hydrogens is 250 g/mol. The van der Waals surface area contributed by atoms with Gasteiger partial charge in [0.15, 0.2) is 0 Å². The van der Waals surface area contributed by atoms with Crippen molar-refractivity contribution in [3.05, 3.63) is 54.6 Å². The summed E-state index contributed by atoms with van der Waals surface area (Å²) < 4.78 is 0. The number of hydrogen-bond acceptors (Lipinski definition) is 2. The van der Waals surface area contributed by atoms with Gasteiger partial charge in [0.2, 0.25) is 0 Å². The van der Waals surface area contributed by atoms with Crippen LogP contribution in [-0.2, 0) is 0 Å². The van der Waals surface area contributed by atoms with E-state index in [0.717, 1.165) is 24.3 Å². The molecule has 102 valence electrons. The number of rotatable bonds is 2. The van der Waals surface area contributed by atoms with Gasteiger partial charge in [-0.2, -0.15) is 0 Å². The Morgan fingerprint density at radius 2 is 1.70 bits per heavy atom. The standard InChI is InChI=1S/C16H17N3O/c20-16(19-11-10-17-12-19)18-15-8-6-14(7-9-15)13-4-2-1-3-5-13/h1-9,17H,10-12H2,(H,18,20). The van der Waals surface area contributed by atoms with E-state index in [0.29, 0.717) is 6.67 Å². The van der Waals surface area contributed by atoms with Crippen LogP contribution in [-0.4, -0.2) is 30.7 Å². The van der Waals surface area contributed by atoms with Gasteiger partial charge >= 0.3 is 6.03 Å². The number of benzene rings is 2. The Bertz CT molecular complexity index is 574. The lowest BCUT2D eigenvalue weighted by molar-refractivity contribution is 0.222. The first-order chi connectivity index (χ1) is 9.83. The normalized spacial score (nSPS) is 14.3. The number of anilines is 1. The quantitative estimate of drug-likeness (QED) is 0.878. The monoisotopic (exact) mass is 267 g/mol. The first-order valence-corrected chi connectivity index (χ1v) is 6.75. The fraction of sp³-hybridized carbons (Fsp3) is 0.188. The molecular formula is C16H17N3O. The molecule has 20 heavy (non-hydrogen) atoms. The van der Waals surface area contributed by atoms with Crippen LogP contribution in [0.15, 0.2) is 54.6 Å². The van der Waals surface area contributed by atoms with Gasteiger partial charge in [-0.1, -0.05) is 42.5 Å². The molecule has 2 aromatic rings. The zero-order chi connectivity index (χ0) is 13.8. The molecule has 3 rings (SSSR count). The highest BCUT2D eigenvalue weighted by Gasteiger charge is 2.16. The summed E-state index contributed by atoms with van der Waals surface area (Å²) in [5.41, 5.74) is 3.14. The maximum Gasteiger partial charge on any atom is 0.322 e. The molecule has 1 aliphatic rings. The number of carbonyl (C=O) groups excluding carboxylic acids is 1. The minimum Gasteiger partial charge on any atom is -0.310 e. The molecule has 2 N–H and O–H groups in total. The number of urea groups is 1. The first-order valence-electron chi connectivity index (χ1n) is 6.75. The Morgan fingerprint density at radius 3 is 2.35 bits per heavy atom. The highest BCUT2D eigenvalue weighted by molar-refractivity contribution is 5.89. The Kier molecular flexibility index (Phi) is 3.65. The van der Waals surface area contributed by atoms with E-state index in [4.69, 9.17) is 0 Å². The van der Waals surface area contributed by atoms with Gasteiger partial charge < -0.3 is 10.2 Å². The molecule has 4 heteroatoms. The van der Waals surface area contributed by atoms with Gasteiger partial charge in [-0.05, 0) is 23.3 Å². The second-order valence-corrected chi connectivity index (χ2v) is 4.80. The third kappa shape index (κ3) is 2.81. The number of carbonyl (C=O) groups is 1. The zero-order valence-corrected chi connectivity index (χ0v) is 11.2. The van der Waals surface area contributed by atoms with Crippen LogP contribution in [0.4, 0.5) is 10.5 Å². The number of nitrogens with one attached hydrogen (secondary N) is 2. The lowest BCUT2D eigenvalue weighted by atomic mass is 10.1. The van der Waals surface area contributed by atoms with Crippen molar-refractivity contribution in [3.8, 4) is 11.1 Å². The molecule has 1 fully saturated rings. The van der Waals surface area contributed by atoms with E-state index in [9.17, 15) is 4.79 Å². The van der Waals surface area contributed by atoms with Crippen LogP contribution in [0, 0.1) is 0 Å². The fourth-order valence-corrected chi connectivity index (χ4v) is 2.26. The van der Waals surface area contributed by atoms with Crippen molar-refractivity contribution in [2.75, 3.05) is 25.1 Å². The molecule has 0 saturated carbocycles. The van der Waals surface area contributed by atoms with Crippen molar-refractivity contribution in [2.45, 2.75) is 0 Å². The van der Waals surface area contributed by atoms with E-state index < -0.39 is 0 Å². The van der Waals surface area contributed by atoms with Gasteiger partial charge in [0.05, 0.1) is 6.67 Å². The van der Waals surface area contributed by atoms with E-state index in [1.807, 2.05) is 42.5 Å². The molecule has 0 aromatic heterocycles. The minimum atomic E-state index is -0.0533. The maximum atomic E-state index is 11.9. The van der Waals surface area contributed by atoms with Crippen molar-refractivity contribution >= 4 is 11.7 Å². The smallest absolute Gasteiger partial charge is 0.310 e. The molecule has 0 unspecified atom stereocenters. The summed E-state index contributed by atoms with van der Waals surface area (Å²) in [6, 6.07) is 18.0. The largest absolute Gasteiger partial charge is 0.322 e. The van der Waals surface area contributed by atoms with Crippen molar-refractivity contribution in [1.29, 1.82) is 0 Å². The van der Waals surface area contributed by atoms with E-state index in [2.05, 4.69) is 22.8 Å². The van der Waals surface area contributed by atoms with Crippen LogP contribution in [0.25, 0.3) is 11.1 Å². The van der Waals surface area contributed by atoms with E-state index in [1.165, 1.54) is 5.56 Å². The molecule has 0 atom stereocenters. The Morgan fingerprint density at radius 1 is 1.00 bits per heavy atom. The number of hydrogen-bond donors (Lipinski definition) is 2. The highest BCUT2D eigenvalue weighted by atomic mass is 16.2. The molecule has 4 nitrogen and oxygen atoms in total. The van der Waals surface area contributed by atoms with Crippen molar-refractivity contribution in [1.82, 2.24) is 10.2 Å². The second-order valence-electron chi connectivity index (χ2n) is 4.80. The molecule has 1 heterocycles. The predicted molar refractivity (Wildman–Crippen MR) is 80.5 cm³/mol. The summed E-state index contributed by atoms with van der Waals surface area (Å²) in [4.78, 5) is 13.7. The topological polar surface area (TPSA) is 44.4 Å². The van der Waals surface area contributed by atoms with Gasteiger partial charge in [0.1, 0.15) is 0 Å². The number of nitrogens with zero attached hydrogens (tertiary/aromatic N) is 1. The van der Waals surface area contributed by atoms with E-state index in [1.54, 1.807) is 4.90 Å². The SMILES string of the molecule is O=C(Nc1ccc(-c2ccccc2)cc1)N1CCNC1. The van der Waals surface area contributed by atoms with Crippen LogP contribution in [0.5, 0.6) is 0 Å². The van der Waals surface area contributed by atoms with Gasteiger partial charge in [-0.3, -0.25) is 5.32 Å². The summed E-state index contributed by atoms with van der Waals surface area (Å²) in [6.07, 6.45) is 0. The molecule has 0 spiro atoms. The number of amides is 2. The average Bonchev–Trinajstić information content (AvgIpc) is 3.03. The zero-order valence-electron chi connectivity index (χ0n) is 11.2. The molecule has 0 aliphatic carbocycles. The van der Waals surface area contributed by atoms with Crippen molar-refractivity contribution in [2.24, 2.45) is 0 Å². The molecule has 1 saturated heterocycles. The highest BCUT2D eigenvalue weighted by Crippen LogP contribution is 2.21. The lowest BCUT2D eigenvalue weighted by Crippen LogP contribution is -2.33. The van der Waals surface area contributed by atoms with Crippen LogP contribution in [0.1, 0.15) is 0 Å². The second kappa shape index (κ2) is 5.75. The Hall–Kier alpha value is -2.33. The average molecular weight is 267 g/mol. The molecule has 0 bridgehead atoms. The summed E-state index contributed by atoms with van der Waals surface area (Å²) in [6.45, 7) is 2.24. The van der Waals surface area contributed by atoms with Crippen molar-refractivity contribution in [3.63, 3.8) is 0 Å². The minimum absolute atomic E-state index is 0.0533. The van der Waals surface area contributed by atoms with E-state index >= 15 is 0 Å². The Labute approximate surface area is 118 Å².